The van der Waals surface area contributed by atoms with Gasteiger partial charge in [-0.25, -0.2) is 36.9 Å². The molecule has 0 saturated carbocycles. The van der Waals surface area contributed by atoms with E-state index in [0.717, 1.165) is 17.0 Å². The van der Waals surface area contributed by atoms with E-state index in [1.807, 2.05) is 0 Å². The molecule has 1 atom stereocenters. The van der Waals surface area contributed by atoms with E-state index < -0.39 is 55.3 Å². The summed E-state index contributed by atoms with van der Waals surface area (Å²) in [5, 5.41) is 5.60. The first-order chi connectivity index (χ1) is 18.5. The third kappa shape index (κ3) is 8.39. The van der Waals surface area contributed by atoms with Gasteiger partial charge in [0.2, 0.25) is 6.08 Å². The molecule has 2 aromatic carbocycles. The van der Waals surface area contributed by atoms with Crippen molar-refractivity contribution in [2.45, 2.75) is 24.9 Å². The molecular weight excluding hydrogens is 546 g/mol. The van der Waals surface area contributed by atoms with Crippen LogP contribution in [-0.4, -0.2) is 60.3 Å². The number of hydrogen-bond donors (Lipinski definition) is 2. The Morgan fingerprint density at radius 1 is 1.21 bits per heavy atom. The van der Waals surface area contributed by atoms with Crippen molar-refractivity contribution in [2.75, 3.05) is 25.5 Å². The number of urea groups is 1. The van der Waals surface area contributed by atoms with Crippen LogP contribution in [0.5, 0.6) is 0 Å². The lowest BCUT2D eigenvalue weighted by Crippen LogP contribution is -2.48. The highest BCUT2D eigenvalue weighted by atomic mass is 35.5. The number of alkyl halides is 2. The van der Waals surface area contributed by atoms with E-state index in [4.69, 9.17) is 16.3 Å². The second kappa shape index (κ2) is 13.0. The van der Waals surface area contributed by atoms with Crippen molar-refractivity contribution in [3.05, 3.63) is 70.9 Å². The summed E-state index contributed by atoms with van der Waals surface area (Å²) in [4.78, 5) is 43.1. The number of anilines is 1. The molecule has 0 radical (unpaired) electrons. The number of isocyanates is 1. The molecule has 0 aliphatic rings. The molecule has 1 aromatic heterocycles. The first-order valence-corrected chi connectivity index (χ1v) is 11.7. The van der Waals surface area contributed by atoms with Crippen molar-refractivity contribution < 1.29 is 36.7 Å². The molecule has 0 fully saturated rings. The van der Waals surface area contributed by atoms with E-state index in [0.29, 0.717) is 10.8 Å². The number of nitrogens with zero attached hydrogens (tertiary/aromatic N) is 3. The summed E-state index contributed by atoms with van der Waals surface area (Å²) in [7, 11) is 1.19. The average molecular weight is 568 g/mol. The zero-order valence-corrected chi connectivity index (χ0v) is 21.1. The van der Waals surface area contributed by atoms with Crippen LogP contribution in [0.3, 0.4) is 0 Å². The molecule has 14 heteroatoms. The molecule has 3 rings (SSSR count). The van der Waals surface area contributed by atoms with Crippen LogP contribution in [0.1, 0.15) is 12.0 Å². The van der Waals surface area contributed by atoms with E-state index in [9.17, 15) is 31.9 Å². The summed E-state index contributed by atoms with van der Waals surface area (Å²) in [6.45, 7) is -2.09. The van der Waals surface area contributed by atoms with Gasteiger partial charge in [0.25, 0.3) is 5.92 Å². The van der Waals surface area contributed by atoms with Crippen molar-refractivity contribution in [1.82, 2.24) is 15.2 Å². The standard InChI is InChI=1S/C25H22ClF4N5O4/c1-35(23(37)33-11-16-3-2-4-20(28)22(16)26)19(9-25(29,30)13-31-14-36)12-39-24(38)34-21-8-17-7-18(27)6-5-15(17)10-32-21/h2-8,10,19H,9,11-13H2,1H3,(H,33,37)(H,32,34,38)/t19-/m0/s1. The maximum absolute atomic E-state index is 14.4. The van der Waals surface area contributed by atoms with Crippen LogP contribution in [0.2, 0.25) is 5.02 Å². The second-order valence-corrected chi connectivity index (χ2v) is 8.77. The Balaban J connectivity index is 1.68. The Hall–Kier alpha value is -4.22. The highest BCUT2D eigenvalue weighted by Crippen LogP contribution is 2.24. The van der Waals surface area contributed by atoms with Crippen molar-refractivity contribution in [1.29, 1.82) is 0 Å². The molecule has 9 nitrogen and oxygen atoms in total. The number of aliphatic imine (C=N–C) groups is 1. The van der Waals surface area contributed by atoms with Gasteiger partial charge in [-0.3, -0.25) is 5.32 Å². The zero-order valence-electron chi connectivity index (χ0n) is 20.4. The van der Waals surface area contributed by atoms with Gasteiger partial charge in [-0.05, 0) is 41.3 Å². The lowest BCUT2D eigenvalue weighted by atomic mass is 10.1. The van der Waals surface area contributed by atoms with Crippen LogP contribution in [0.25, 0.3) is 10.8 Å². The Morgan fingerprint density at radius 2 is 1.97 bits per heavy atom. The maximum Gasteiger partial charge on any atom is 0.412 e. The van der Waals surface area contributed by atoms with Gasteiger partial charge < -0.3 is 15.0 Å². The third-order valence-electron chi connectivity index (χ3n) is 5.56. The average Bonchev–Trinajstić information content (AvgIpc) is 2.89. The van der Waals surface area contributed by atoms with Crippen LogP contribution < -0.4 is 10.6 Å². The number of pyridine rings is 1. The number of aromatic nitrogens is 1. The van der Waals surface area contributed by atoms with Crippen molar-refractivity contribution >= 4 is 46.4 Å². The van der Waals surface area contributed by atoms with E-state index in [1.54, 1.807) is 0 Å². The molecule has 0 aliphatic carbocycles. The molecule has 0 saturated heterocycles. The molecule has 0 aliphatic heterocycles. The van der Waals surface area contributed by atoms with Gasteiger partial charge in [0.05, 0.1) is 11.1 Å². The number of amides is 3. The summed E-state index contributed by atoms with van der Waals surface area (Å²) in [6.07, 6.45) is 0.322. The monoisotopic (exact) mass is 567 g/mol. The summed E-state index contributed by atoms with van der Waals surface area (Å²) in [5.41, 5.74) is 0.249. The van der Waals surface area contributed by atoms with Crippen LogP contribution >= 0.6 is 11.6 Å². The van der Waals surface area contributed by atoms with Gasteiger partial charge in [0, 0.05) is 31.6 Å². The minimum Gasteiger partial charge on any atom is -0.447 e. The van der Waals surface area contributed by atoms with Crippen LogP contribution in [0, 0.1) is 11.6 Å². The first-order valence-electron chi connectivity index (χ1n) is 11.3. The fraction of sp³-hybridized carbons (Fsp3) is 0.280. The normalized spacial score (nSPS) is 11.8. The molecule has 3 aromatic rings. The van der Waals surface area contributed by atoms with E-state index in [-0.39, 0.29) is 22.9 Å². The smallest absolute Gasteiger partial charge is 0.412 e. The third-order valence-corrected chi connectivity index (χ3v) is 5.98. The van der Waals surface area contributed by atoms with Crippen molar-refractivity contribution in [2.24, 2.45) is 4.99 Å². The predicted octanol–water partition coefficient (Wildman–Crippen LogP) is 5.29. The number of fused-ring (bicyclic) bond motifs is 1. The number of carbonyl (C=O) groups excluding carboxylic acids is 3. The summed E-state index contributed by atoms with van der Waals surface area (Å²) in [6, 6.07) is 7.13. The van der Waals surface area contributed by atoms with Crippen LogP contribution in [0.15, 0.2) is 53.7 Å². The number of hydrogen-bond acceptors (Lipinski definition) is 6. The number of likely N-dealkylation sites (N-methyl/N-ethyl adjacent to an activating group) is 1. The quantitative estimate of drug-likeness (QED) is 0.196. The molecular formula is C25H22ClF4N5O4. The second-order valence-electron chi connectivity index (χ2n) is 8.39. The molecule has 0 spiro atoms. The highest BCUT2D eigenvalue weighted by molar-refractivity contribution is 6.31. The van der Waals surface area contributed by atoms with Gasteiger partial charge in [0.1, 0.15) is 30.6 Å². The number of halogens is 5. The molecule has 39 heavy (non-hydrogen) atoms. The fourth-order valence-electron chi connectivity index (χ4n) is 3.50. The Kier molecular flexibility index (Phi) is 9.80. The van der Waals surface area contributed by atoms with E-state index >= 15 is 0 Å². The summed E-state index contributed by atoms with van der Waals surface area (Å²) in [5.74, 6) is -4.73. The largest absolute Gasteiger partial charge is 0.447 e. The number of ether oxygens (including phenoxy) is 1. The minimum absolute atomic E-state index is 0.0124. The SMILES string of the molecule is CN(C(=O)NCc1cccc(F)c1Cl)[C@H](COC(=O)Nc1cc2cc(F)ccc2cn1)CC(F)(F)CN=C=O. The predicted molar refractivity (Wildman–Crippen MR) is 134 cm³/mol. The lowest BCUT2D eigenvalue weighted by Gasteiger charge is -2.30. The fourth-order valence-corrected chi connectivity index (χ4v) is 3.70. The molecule has 0 unspecified atom stereocenters. The number of nitrogens with one attached hydrogen (secondary N) is 2. The number of rotatable bonds is 10. The first kappa shape index (κ1) is 29.3. The molecule has 1 heterocycles. The maximum atomic E-state index is 14.4. The van der Waals surface area contributed by atoms with Gasteiger partial charge in [-0.2, -0.15) is 4.99 Å². The van der Waals surface area contributed by atoms with Crippen LogP contribution in [0.4, 0.5) is 33.0 Å². The Morgan fingerprint density at radius 3 is 2.72 bits per heavy atom. The van der Waals surface area contributed by atoms with Gasteiger partial charge in [-0.1, -0.05) is 23.7 Å². The summed E-state index contributed by atoms with van der Waals surface area (Å²) < 4.78 is 61.0. The number of carbonyl (C=O) groups is 2. The zero-order chi connectivity index (χ0) is 28.6. The van der Waals surface area contributed by atoms with E-state index in [2.05, 4.69) is 20.6 Å². The van der Waals surface area contributed by atoms with E-state index in [1.165, 1.54) is 49.6 Å². The van der Waals surface area contributed by atoms with Gasteiger partial charge >= 0.3 is 12.1 Å². The molecule has 3 amide bonds. The van der Waals surface area contributed by atoms with Crippen molar-refractivity contribution in [3.63, 3.8) is 0 Å². The van der Waals surface area contributed by atoms with Gasteiger partial charge in [0.15, 0.2) is 0 Å². The molecule has 0 bridgehead atoms. The summed E-state index contributed by atoms with van der Waals surface area (Å²) >= 11 is 5.88. The Bertz CT molecular complexity index is 1400. The Labute approximate surface area is 224 Å². The topological polar surface area (TPSA) is 113 Å². The van der Waals surface area contributed by atoms with Crippen molar-refractivity contribution in [3.8, 4) is 0 Å². The molecule has 2 N–H and O–H groups in total. The molecule has 206 valence electrons. The lowest BCUT2D eigenvalue weighted by molar-refractivity contribution is -0.0256. The highest BCUT2D eigenvalue weighted by Gasteiger charge is 2.36. The van der Waals surface area contributed by atoms with Crippen LogP contribution in [-0.2, 0) is 16.1 Å². The van der Waals surface area contributed by atoms with Gasteiger partial charge in [-0.15, -0.1) is 0 Å². The minimum atomic E-state index is -3.55. The number of benzene rings is 2.